The first-order valence-corrected chi connectivity index (χ1v) is 11.0. The molecule has 0 aliphatic carbocycles. The number of nitrogens with one attached hydrogen (secondary N) is 3. The molecular weight excluding hydrogens is 402 g/mol. The minimum absolute atomic E-state index is 0.0255. The standard InChI is InChI=1S/C23H29N9/c1-14-10-32(11-15(2)28-14)20-7-5-6-19(30-20)16(3)29-23-21-18(17-8-27-31(4)12-17)9-24-22(21)25-13-26-23/h5-9,12-16,28H,10-11H2,1-4H3,(H2,24,25,26,29)/t14-,15+,16-/m0/s1. The minimum Gasteiger partial charge on any atom is -0.361 e. The van der Waals surface area contributed by atoms with Gasteiger partial charge in [0.1, 0.15) is 23.6 Å². The van der Waals surface area contributed by atoms with Gasteiger partial charge in [0.05, 0.1) is 23.3 Å². The molecule has 0 bridgehead atoms. The van der Waals surface area contributed by atoms with E-state index in [1.165, 1.54) is 0 Å². The third-order valence-electron chi connectivity index (χ3n) is 5.92. The van der Waals surface area contributed by atoms with Gasteiger partial charge in [0.15, 0.2) is 0 Å². The minimum atomic E-state index is -0.0255. The van der Waals surface area contributed by atoms with E-state index in [2.05, 4.69) is 74.6 Å². The van der Waals surface area contributed by atoms with Gasteiger partial charge in [0.25, 0.3) is 0 Å². The van der Waals surface area contributed by atoms with E-state index >= 15 is 0 Å². The topological polar surface area (TPSA) is 99.6 Å². The van der Waals surface area contributed by atoms with Crippen molar-refractivity contribution >= 4 is 22.7 Å². The number of fused-ring (bicyclic) bond motifs is 1. The predicted molar refractivity (Wildman–Crippen MR) is 127 cm³/mol. The second-order valence-corrected chi connectivity index (χ2v) is 8.71. The zero-order valence-corrected chi connectivity index (χ0v) is 18.9. The average molecular weight is 432 g/mol. The fourth-order valence-corrected chi connectivity index (χ4v) is 4.51. The molecule has 9 nitrogen and oxygen atoms in total. The molecule has 3 atom stereocenters. The molecular formula is C23H29N9. The van der Waals surface area contributed by atoms with Gasteiger partial charge < -0.3 is 20.5 Å². The highest BCUT2D eigenvalue weighted by Crippen LogP contribution is 2.33. The van der Waals surface area contributed by atoms with Gasteiger partial charge in [-0.15, -0.1) is 0 Å². The summed E-state index contributed by atoms with van der Waals surface area (Å²) in [6.45, 7) is 8.45. The van der Waals surface area contributed by atoms with Crippen LogP contribution in [0.3, 0.4) is 0 Å². The van der Waals surface area contributed by atoms with Crippen LogP contribution in [0, 0.1) is 0 Å². The van der Waals surface area contributed by atoms with Gasteiger partial charge in [-0.05, 0) is 32.9 Å². The first-order chi connectivity index (χ1) is 15.5. The number of hydrogen-bond acceptors (Lipinski definition) is 7. The van der Waals surface area contributed by atoms with E-state index in [4.69, 9.17) is 4.98 Å². The molecule has 1 aliphatic heterocycles. The number of pyridine rings is 1. The van der Waals surface area contributed by atoms with Crippen LogP contribution in [0.5, 0.6) is 0 Å². The highest BCUT2D eigenvalue weighted by molar-refractivity contribution is 6.00. The maximum Gasteiger partial charge on any atom is 0.143 e. The Kier molecular flexibility index (Phi) is 5.26. The first kappa shape index (κ1) is 20.4. The predicted octanol–water partition coefficient (Wildman–Crippen LogP) is 3.11. The monoisotopic (exact) mass is 431 g/mol. The molecule has 166 valence electrons. The number of aryl methyl sites for hydroxylation is 1. The lowest BCUT2D eigenvalue weighted by molar-refractivity contribution is 0.405. The van der Waals surface area contributed by atoms with Crippen molar-refractivity contribution < 1.29 is 0 Å². The number of aromatic nitrogens is 6. The Morgan fingerprint density at radius 2 is 1.97 bits per heavy atom. The lowest BCUT2D eigenvalue weighted by Gasteiger charge is -2.37. The largest absolute Gasteiger partial charge is 0.361 e. The molecule has 1 aliphatic rings. The van der Waals surface area contributed by atoms with Crippen LogP contribution >= 0.6 is 0 Å². The number of piperazine rings is 1. The summed E-state index contributed by atoms with van der Waals surface area (Å²) in [5.74, 6) is 1.79. The van der Waals surface area contributed by atoms with E-state index < -0.39 is 0 Å². The normalized spacial score (nSPS) is 19.9. The van der Waals surface area contributed by atoms with Gasteiger partial charge in [0.2, 0.25) is 0 Å². The maximum atomic E-state index is 4.98. The highest BCUT2D eigenvalue weighted by Gasteiger charge is 2.23. The van der Waals surface area contributed by atoms with Crippen LogP contribution < -0.4 is 15.5 Å². The van der Waals surface area contributed by atoms with Gasteiger partial charge in [0, 0.05) is 55.7 Å². The molecule has 9 heteroatoms. The van der Waals surface area contributed by atoms with Crippen molar-refractivity contribution in [2.45, 2.75) is 38.9 Å². The Hall–Kier alpha value is -3.46. The molecule has 5 heterocycles. The number of aromatic amines is 1. The van der Waals surface area contributed by atoms with Crippen molar-refractivity contribution in [1.82, 2.24) is 35.0 Å². The Morgan fingerprint density at radius 1 is 1.16 bits per heavy atom. The van der Waals surface area contributed by atoms with E-state index in [9.17, 15) is 0 Å². The van der Waals surface area contributed by atoms with Gasteiger partial charge in [-0.3, -0.25) is 4.68 Å². The van der Waals surface area contributed by atoms with Crippen molar-refractivity contribution in [1.29, 1.82) is 0 Å². The smallest absolute Gasteiger partial charge is 0.143 e. The highest BCUT2D eigenvalue weighted by atomic mass is 15.3. The SMILES string of the molecule is C[C@@H]1CN(c2cccc([C@H](C)Nc3ncnc4[nH]cc(-c5cnn(C)c5)c34)n2)C[C@H](C)N1. The van der Waals surface area contributed by atoms with Crippen LogP contribution in [-0.4, -0.2) is 54.9 Å². The molecule has 0 unspecified atom stereocenters. The average Bonchev–Trinajstić information content (AvgIpc) is 3.40. The summed E-state index contributed by atoms with van der Waals surface area (Å²) in [6.07, 6.45) is 7.37. The lowest BCUT2D eigenvalue weighted by atomic mass is 10.1. The third kappa shape index (κ3) is 3.91. The molecule has 0 saturated carbocycles. The quantitative estimate of drug-likeness (QED) is 0.446. The summed E-state index contributed by atoms with van der Waals surface area (Å²) in [5.41, 5.74) is 3.81. The number of anilines is 2. The van der Waals surface area contributed by atoms with Gasteiger partial charge in [-0.1, -0.05) is 6.07 Å². The zero-order chi connectivity index (χ0) is 22.2. The van der Waals surface area contributed by atoms with E-state index in [1.54, 1.807) is 11.0 Å². The molecule has 0 radical (unpaired) electrons. The Morgan fingerprint density at radius 3 is 2.72 bits per heavy atom. The number of H-pyrrole nitrogens is 1. The maximum absolute atomic E-state index is 4.98. The van der Waals surface area contributed by atoms with Crippen LogP contribution in [0.4, 0.5) is 11.6 Å². The Balaban J connectivity index is 1.43. The molecule has 1 saturated heterocycles. The first-order valence-electron chi connectivity index (χ1n) is 11.0. The summed E-state index contributed by atoms with van der Waals surface area (Å²) in [7, 11) is 1.91. The fraction of sp³-hybridized carbons (Fsp3) is 0.391. The van der Waals surface area contributed by atoms with Crippen molar-refractivity contribution in [3.8, 4) is 11.1 Å². The second-order valence-electron chi connectivity index (χ2n) is 8.71. The van der Waals surface area contributed by atoms with Crippen molar-refractivity contribution in [2.75, 3.05) is 23.3 Å². The number of rotatable bonds is 5. The molecule has 32 heavy (non-hydrogen) atoms. The summed E-state index contributed by atoms with van der Waals surface area (Å²) >= 11 is 0. The molecule has 0 spiro atoms. The third-order valence-corrected chi connectivity index (χ3v) is 5.92. The lowest BCUT2D eigenvalue weighted by Crippen LogP contribution is -2.54. The molecule has 3 N–H and O–H groups in total. The summed E-state index contributed by atoms with van der Waals surface area (Å²) in [5, 5.41) is 12.4. The van der Waals surface area contributed by atoms with E-state index in [0.717, 1.165) is 52.6 Å². The second kappa shape index (κ2) is 8.23. The summed E-state index contributed by atoms with van der Waals surface area (Å²) in [4.78, 5) is 19.6. The van der Waals surface area contributed by atoms with Crippen LogP contribution in [0.15, 0.2) is 43.1 Å². The van der Waals surface area contributed by atoms with Gasteiger partial charge in [-0.25, -0.2) is 15.0 Å². The van der Waals surface area contributed by atoms with E-state index in [-0.39, 0.29) is 6.04 Å². The summed E-state index contributed by atoms with van der Waals surface area (Å²) < 4.78 is 1.79. The molecule has 0 amide bonds. The number of hydrogen-bond donors (Lipinski definition) is 3. The van der Waals surface area contributed by atoms with E-state index in [0.29, 0.717) is 12.1 Å². The molecule has 4 aromatic rings. The Bertz CT molecular complexity index is 1220. The van der Waals surface area contributed by atoms with Gasteiger partial charge >= 0.3 is 0 Å². The van der Waals surface area contributed by atoms with Crippen LogP contribution in [0.1, 0.15) is 32.5 Å². The van der Waals surface area contributed by atoms with Crippen molar-refractivity contribution in [3.63, 3.8) is 0 Å². The summed E-state index contributed by atoms with van der Waals surface area (Å²) in [6, 6.07) is 7.09. The molecule has 0 aromatic carbocycles. The zero-order valence-electron chi connectivity index (χ0n) is 18.9. The van der Waals surface area contributed by atoms with Crippen LogP contribution in [-0.2, 0) is 7.05 Å². The van der Waals surface area contributed by atoms with Crippen molar-refractivity contribution in [2.24, 2.45) is 7.05 Å². The fourth-order valence-electron chi connectivity index (χ4n) is 4.51. The number of nitrogens with zero attached hydrogens (tertiary/aromatic N) is 6. The van der Waals surface area contributed by atoms with Crippen LogP contribution in [0.2, 0.25) is 0 Å². The molecule has 5 rings (SSSR count). The van der Waals surface area contributed by atoms with E-state index in [1.807, 2.05) is 25.6 Å². The molecule has 1 fully saturated rings. The molecule has 4 aromatic heterocycles. The van der Waals surface area contributed by atoms with Crippen molar-refractivity contribution in [3.05, 3.63) is 48.8 Å². The van der Waals surface area contributed by atoms with Crippen LogP contribution in [0.25, 0.3) is 22.2 Å². The van der Waals surface area contributed by atoms with Gasteiger partial charge in [-0.2, -0.15) is 5.10 Å². The Labute approximate surface area is 187 Å².